The van der Waals surface area contributed by atoms with Crippen LogP contribution in [-0.4, -0.2) is 12.6 Å². The van der Waals surface area contributed by atoms with E-state index in [4.69, 9.17) is 0 Å². The van der Waals surface area contributed by atoms with Crippen LogP contribution in [0.1, 0.15) is 59.3 Å². The van der Waals surface area contributed by atoms with Crippen molar-refractivity contribution in [3.8, 4) is 0 Å². The van der Waals surface area contributed by atoms with Crippen LogP contribution in [0.4, 0.5) is 0 Å². The molecule has 1 heteroatoms. The van der Waals surface area contributed by atoms with Crippen LogP contribution in [0, 0.1) is 11.8 Å². The SMILES string of the molecule is CCNC1CCCCC1CC(C)CC. The molecule has 0 amide bonds. The van der Waals surface area contributed by atoms with Gasteiger partial charge in [-0.15, -0.1) is 0 Å². The van der Waals surface area contributed by atoms with Crippen molar-refractivity contribution in [1.82, 2.24) is 5.32 Å². The molecular formula is C13H27N. The van der Waals surface area contributed by atoms with Crippen molar-refractivity contribution in [2.24, 2.45) is 11.8 Å². The molecule has 1 rings (SSSR count). The molecule has 1 saturated carbocycles. The molecule has 1 aliphatic carbocycles. The Labute approximate surface area is 89.7 Å². The second-order valence-electron chi connectivity index (χ2n) is 4.96. The van der Waals surface area contributed by atoms with E-state index in [1.807, 2.05) is 0 Å². The third-order valence-electron chi connectivity index (χ3n) is 3.78. The summed E-state index contributed by atoms with van der Waals surface area (Å²) in [5.41, 5.74) is 0. The van der Waals surface area contributed by atoms with Gasteiger partial charge in [0.1, 0.15) is 0 Å². The number of hydrogen-bond donors (Lipinski definition) is 1. The molecule has 0 aromatic rings. The van der Waals surface area contributed by atoms with Gasteiger partial charge in [0.05, 0.1) is 0 Å². The second kappa shape index (κ2) is 6.44. The summed E-state index contributed by atoms with van der Waals surface area (Å²) in [6, 6.07) is 0.822. The molecule has 84 valence electrons. The van der Waals surface area contributed by atoms with Crippen molar-refractivity contribution in [2.75, 3.05) is 6.54 Å². The van der Waals surface area contributed by atoms with E-state index < -0.39 is 0 Å². The molecule has 1 aliphatic rings. The largest absolute Gasteiger partial charge is 0.314 e. The molecule has 0 aromatic heterocycles. The first-order valence-corrected chi connectivity index (χ1v) is 6.51. The first kappa shape index (κ1) is 12.0. The molecule has 1 N–H and O–H groups in total. The van der Waals surface area contributed by atoms with Gasteiger partial charge in [0.2, 0.25) is 0 Å². The highest BCUT2D eigenvalue weighted by Gasteiger charge is 2.24. The maximum atomic E-state index is 3.66. The van der Waals surface area contributed by atoms with Crippen LogP contribution >= 0.6 is 0 Å². The zero-order valence-corrected chi connectivity index (χ0v) is 10.2. The van der Waals surface area contributed by atoms with E-state index in [2.05, 4.69) is 26.1 Å². The van der Waals surface area contributed by atoms with E-state index in [9.17, 15) is 0 Å². The van der Waals surface area contributed by atoms with Crippen molar-refractivity contribution in [2.45, 2.75) is 65.3 Å². The van der Waals surface area contributed by atoms with Gasteiger partial charge in [-0.25, -0.2) is 0 Å². The average Bonchev–Trinajstić information content (AvgIpc) is 2.21. The maximum absolute atomic E-state index is 3.66. The van der Waals surface area contributed by atoms with Gasteiger partial charge in [0.15, 0.2) is 0 Å². The Hall–Kier alpha value is -0.0400. The van der Waals surface area contributed by atoms with E-state index in [0.29, 0.717) is 0 Å². The lowest BCUT2D eigenvalue weighted by Crippen LogP contribution is -2.39. The molecule has 3 unspecified atom stereocenters. The molecule has 0 bridgehead atoms. The highest BCUT2D eigenvalue weighted by atomic mass is 14.9. The number of hydrogen-bond acceptors (Lipinski definition) is 1. The third kappa shape index (κ3) is 3.61. The van der Waals surface area contributed by atoms with Crippen LogP contribution in [-0.2, 0) is 0 Å². The second-order valence-corrected chi connectivity index (χ2v) is 4.96. The Morgan fingerprint density at radius 2 is 1.93 bits per heavy atom. The Morgan fingerprint density at radius 1 is 1.21 bits per heavy atom. The Balaban J connectivity index is 2.37. The summed E-state index contributed by atoms with van der Waals surface area (Å²) >= 11 is 0. The molecule has 1 nitrogen and oxygen atoms in total. The smallest absolute Gasteiger partial charge is 0.00953 e. The molecule has 0 aliphatic heterocycles. The quantitative estimate of drug-likeness (QED) is 0.710. The van der Waals surface area contributed by atoms with Crippen molar-refractivity contribution in [3.05, 3.63) is 0 Å². The minimum absolute atomic E-state index is 0.822. The van der Waals surface area contributed by atoms with Crippen LogP contribution < -0.4 is 5.32 Å². The van der Waals surface area contributed by atoms with Crippen molar-refractivity contribution < 1.29 is 0 Å². The Morgan fingerprint density at radius 3 is 2.57 bits per heavy atom. The van der Waals surface area contributed by atoms with Gasteiger partial charge in [-0.3, -0.25) is 0 Å². The van der Waals surface area contributed by atoms with Crippen molar-refractivity contribution >= 4 is 0 Å². The van der Waals surface area contributed by atoms with Gasteiger partial charge in [0.25, 0.3) is 0 Å². The third-order valence-corrected chi connectivity index (χ3v) is 3.78. The first-order valence-electron chi connectivity index (χ1n) is 6.51. The highest BCUT2D eigenvalue weighted by Crippen LogP contribution is 2.30. The predicted octanol–water partition coefficient (Wildman–Crippen LogP) is 3.59. The molecule has 14 heavy (non-hydrogen) atoms. The number of nitrogens with one attached hydrogen (secondary N) is 1. The summed E-state index contributed by atoms with van der Waals surface area (Å²) in [7, 11) is 0. The summed E-state index contributed by atoms with van der Waals surface area (Å²) in [5.74, 6) is 1.87. The van der Waals surface area contributed by atoms with Gasteiger partial charge in [-0.1, -0.05) is 40.0 Å². The fraction of sp³-hybridized carbons (Fsp3) is 1.00. The standard InChI is InChI=1S/C13H27N/c1-4-11(3)10-12-8-6-7-9-13(12)14-5-2/h11-14H,4-10H2,1-3H3. The van der Waals surface area contributed by atoms with Crippen LogP contribution in [0.5, 0.6) is 0 Å². The summed E-state index contributed by atoms with van der Waals surface area (Å²) < 4.78 is 0. The predicted molar refractivity (Wildman–Crippen MR) is 63.5 cm³/mol. The summed E-state index contributed by atoms with van der Waals surface area (Å²) in [4.78, 5) is 0. The van der Waals surface area contributed by atoms with Crippen LogP contribution in [0.15, 0.2) is 0 Å². The molecule has 3 atom stereocenters. The van der Waals surface area contributed by atoms with Crippen molar-refractivity contribution in [1.29, 1.82) is 0 Å². The van der Waals surface area contributed by atoms with E-state index in [0.717, 1.165) is 24.4 Å². The number of rotatable bonds is 5. The minimum atomic E-state index is 0.822. The van der Waals surface area contributed by atoms with Gasteiger partial charge in [-0.2, -0.15) is 0 Å². The molecule has 0 saturated heterocycles. The zero-order valence-electron chi connectivity index (χ0n) is 10.2. The highest BCUT2D eigenvalue weighted by molar-refractivity contribution is 4.81. The Kier molecular flexibility index (Phi) is 5.54. The molecule has 0 aromatic carbocycles. The first-order chi connectivity index (χ1) is 6.77. The monoisotopic (exact) mass is 197 g/mol. The topological polar surface area (TPSA) is 12.0 Å². The summed E-state index contributed by atoms with van der Waals surface area (Å²) in [5, 5.41) is 3.66. The van der Waals surface area contributed by atoms with E-state index in [1.54, 1.807) is 0 Å². The van der Waals surface area contributed by atoms with Gasteiger partial charge >= 0.3 is 0 Å². The summed E-state index contributed by atoms with van der Waals surface area (Å²) in [6.45, 7) is 8.09. The lowest BCUT2D eigenvalue weighted by molar-refractivity contribution is 0.225. The van der Waals surface area contributed by atoms with E-state index in [-0.39, 0.29) is 0 Å². The van der Waals surface area contributed by atoms with Gasteiger partial charge < -0.3 is 5.32 Å². The van der Waals surface area contributed by atoms with Crippen LogP contribution in [0.25, 0.3) is 0 Å². The van der Waals surface area contributed by atoms with Crippen LogP contribution in [0.3, 0.4) is 0 Å². The molecule has 0 heterocycles. The fourth-order valence-corrected chi connectivity index (χ4v) is 2.70. The van der Waals surface area contributed by atoms with Gasteiger partial charge in [0, 0.05) is 6.04 Å². The fourth-order valence-electron chi connectivity index (χ4n) is 2.70. The van der Waals surface area contributed by atoms with Gasteiger partial charge in [-0.05, 0) is 37.6 Å². The minimum Gasteiger partial charge on any atom is -0.314 e. The normalized spacial score (nSPS) is 30.2. The molecular weight excluding hydrogens is 170 g/mol. The lowest BCUT2D eigenvalue weighted by Gasteiger charge is -2.33. The van der Waals surface area contributed by atoms with E-state index in [1.165, 1.54) is 38.5 Å². The van der Waals surface area contributed by atoms with E-state index >= 15 is 0 Å². The Bertz CT molecular complexity index is 142. The average molecular weight is 197 g/mol. The molecule has 0 radical (unpaired) electrons. The lowest BCUT2D eigenvalue weighted by atomic mass is 9.79. The summed E-state index contributed by atoms with van der Waals surface area (Å²) in [6.07, 6.45) is 8.55. The molecule has 0 spiro atoms. The molecule has 1 fully saturated rings. The zero-order chi connectivity index (χ0) is 10.4. The maximum Gasteiger partial charge on any atom is 0.00953 e. The van der Waals surface area contributed by atoms with Crippen LogP contribution in [0.2, 0.25) is 0 Å². The van der Waals surface area contributed by atoms with Crippen molar-refractivity contribution in [3.63, 3.8) is 0 Å².